The average molecular weight is 217 g/mol. The summed E-state index contributed by atoms with van der Waals surface area (Å²) in [5.41, 5.74) is 0. The van der Waals surface area contributed by atoms with Crippen molar-refractivity contribution >= 4 is 0 Å². The van der Waals surface area contributed by atoms with Crippen LogP contribution < -0.4 is 5.32 Å². The largest absolute Gasteiger partial charge is 0.394 e. The van der Waals surface area contributed by atoms with Gasteiger partial charge in [-0.3, -0.25) is 0 Å². The predicted molar refractivity (Wildman–Crippen MR) is 59.0 cm³/mol. The minimum atomic E-state index is 0.116. The molecule has 0 amide bonds. The van der Waals surface area contributed by atoms with Crippen LogP contribution in [0.25, 0.3) is 0 Å². The van der Waals surface area contributed by atoms with E-state index in [1.807, 2.05) is 0 Å². The van der Waals surface area contributed by atoms with Crippen molar-refractivity contribution in [3.05, 3.63) is 0 Å². The summed E-state index contributed by atoms with van der Waals surface area (Å²) in [6.07, 6.45) is 3.62. The Morgan fingerprint density at radius 3 is 3.07 bits per heavy atom. The third-order valence-corrected chi connectivity index (χ3v) is 2.62. The van der Waals surface area contributed by atoms with Gasteiger partial charge in [-0.05, 0) is 32.7 Å². The second-order valence-corrected chi connectivity index (χ2v) is 4.05. The molecule has 15 heavy (non-hydrogen) atoms. The van der Waals surface area contributed by atoms with E-state index >= 15 is 0 Å². The van der Waals surface area contributed by atoms with E-state index in [0.29, 0.717) is 18.8 Å². The summed E-state index contributed by atoms with van der Waals surface area (Å²) < 4.78 is 10.7. The number of nitrogens with one attached hydrogen (secondary N) is 1. The maximum Gasteiger partial charge on any atom is 0.0697 e. The van der Waals surface area contributed by atoms with Crippen molar-refractivity contribution in [1.29, 1.82) is 0 Å². The Balaban J connectivity index is 1.90. The van der Waals surface area contributed by atoms with Crippen molar-refractivity contribution in [2.24, 2.45) is 0 Å². The van der Waals surface area contributed by atoms with Crippen LogP contribution in [0.2, 0.25) is 0 Å². The second kappa shape index (κ2) is 8.05. The fourth-order valence-corrected chi connectivity index (χ4v) is 1.83. The Morgan fingerprint density at radius 1 is 1.47 bits per heavy atom. The maximum atomic E-state index is 8.50. The molecule has 1 aliphatic heterocycles. The second-order valence-electron chi connectivity index (χ2n) is 4.05. The van der Waals surface area contributed by atoms with Crippen molar-refractivity contribution in [2.45, 2.75) is 38.3 Å². The smallest absolute Gasteiger partial charge is 0.0697 e. The lowest BCUT2D eigenvalue weighted by Crippen LogP contribution is -2.38. The maximum absolute atomic E-state index is 8.50. The number of ether oxygens (including phenoxy) is 2. The van der Waals surface area contributed by atoms with Gasteiger partial charge in [0.05, 0.1) is 19.3 Å². The molecule has 0 aromatic rings. The first kappa shape index (κ1) is 12.9. The van der Waals surface area contributed by atoms with Crippen LogP contribution in [0.3, 0.4) is 0 Å². The summed E-state index contributed by atoms with van der Waals surface area (Å²) in [6, 6.07) is 0.603. The highest BCUT2D eigenvalue weighted by atomic mass is 16.5. The van der Waals surface area contributed by atoms with Crippen LogP contribution in [0.1, 0.15) is 26.2 Å². The number of hydrogen-bond acceptors (Lipinski definition) is 4. The van der Waals surface area contributed by atoms with Gasteiger partial charge in [0.25, 0.3) is 0 Å². The highest BCUT2D eigenvalue weighted by molar-refractivity contribution is 4.74. The van der Waals surface area contributed by atoms with Gasteiger partial charge in [0.2, 0.25) is 0 Å². The summed E-state index contributed by atoms with van der Waals surface area (Å²) in [5, 5.41) is 12.0. The topological polar surface area (TPSA) is 50.7 Å². The first-order chi connectivity index (χ1) is 7.33. The summed E-state index contributed by atoms with van der Waals surface area (Å²) in [4.78, 5) is 0. The Morgan fingerprint density at radius 2 is 2.33 bits per heavy atom. The van der Waals surface area contributed by atoms with Gasteiger partial charge in [0.1, 0.15) is 0 Å². The molecule has 1 fully saturated rings. The standard InChI is InChI=1S/C11H23NO3/c1-10-9-11(3-7-15-10)12-4-2-6-14-8-5-13/h10-13H,2-9H2,1H3. The van der Waals surface area contributed by atoms with Crippen LogP contribution in [-0.4, -0.2) is 50.2 Å². The van der Waals surface area contributed by atoms with Crippen molar-refractivity contribution in [3.8, 4) is 0 Å². The third-order valence-electron chi connectivity index (χ3n) is 2.62. The average Bonchev–Trinajstić information content (AvgIpc) is 2.23. The number of rotatable bonds is 7. The molecule has 1 rings (SSSR count). The van der Waals surface area contributed by atoms with Gasteiger partial charge in [-0.1, -0.05) is 0 Å². The monoisotopic (exact) mass is 217 g/mol. The number of aliphatic hydroxyl groups excluding tert-OH is 1. The molecule has 2 N–H and O–H groups in total. The van der Waals surface area contributed by atoms with Gasteiger partial charge < -0.3 is 19.9 Å². The zero-order valence-corrected chi connectivity index (χ0v) is 9.58. The number of hydrogen-bond donors (Lipinski definition) is 2. The molecule has 1 heterocycles. The lowest BCUT2D eigenvalue weighted by atomic mass is 10.0. The highest BCUT2D eigenvalue weighted by Crippen LogP contribution is 2.12. The number of aliphatic hydroxyl groups is 1. The van der Waals surface area contributed by atoms with Crippen LogP contribution >= 0.6 is 0 Å². The minimum Gasteiger partial charge on any atom is -0.394 e. The van der Waals surface area contributed by atoms with Crippen molar-refractivity contribution in [1.82, 2.24) is 5.32 Å². The lowest BCUT2D eigenvalue weighted by Gasteiger charge is -2.28. The summed E-state index contributed by atoms with van der Waals surface area (Å²) in [5.74, 6) is 0. The Bertz CT molecular complexity index is 155. The minimum absolute atomic E-state index is 0.116. The molecule has 0 radical (unpaired) electrons. The molecule has 1 saturated heterocycles. The van der Waals surface area contributed by atoms with E-state index in [1.54, 1.807) is 0 Å². The van der Waals surface area contributed by atoms with E-state index in [0.717, 1.165) is 39.0 Å². The van der Waals surface area contributed by atoms with Crippen molar-refractivity contribution < 1.29 is 14.6 Å². The SMILES string of the molecule is CC1CC(NCCCOCCO)CCO1. The third kappa shape index (κ3) is 6.10. The van der Waals surface area contributed by atoms with Crippen LogP contribution in [0.5, 0.6) is 0 Å². The molecule has 0 aliphatic carbocycles. The van der Waals surface area contributed by atoms with E-state index in [2.05, 4.69) is 12.2 Å². The zero-order chi connectivity index (χ0) is 10.9. The molecular formula is C11H23NO3. The van der Waals surface area contributed by atoms with E-state index in [9.17, 15) is 0 Å². The molecule has 2 atom stereocenters. The normalized spacial score (nSPS) is 26.8. The van der Waals surface area contributed by atoms with E-state index in [-0.39, 0.29) is 6.61 Å². The van der Waals surface area contributed by atoms with E-state index in [1.165, 1.54) is 0 Å². The molecule has 0 bridgehead atoms. The van der Waals surface area contributed by atoms with Gasteiger partial charge >= 0.3 is 0 Å². The first-order valence-corrected chi connectivity index (χ1v) is 5.86. The first-order valence-electron chi connectivity index (χ1n) is 5.86. The Kier molecular flexibility index (Phi) is 6.92. The van der Waals surface area contributed by atoms with Crippen LogP contribution in [0.15, 0.2) is 0 Å². The fourth-order valence-electron chi connectivity index (χ4n) is 1.83. The molecule has 0 saturated carbocycles. The van der Waals surface area contributed by atoms with Crippen LogP contribution in [0, 0.1) is 0 Å². The predicted octanol–water partition coefficient (Wildman–Crippen LogP) is 0.542. The van der Waals surface area contributed by atoms with Gasteiger partial charge in [-0.15, -0.1) is 0 Å². The van der Waals surface area contributed by atoms with Gasteiger partial charge in [-0.2, -0.15) is 0 Å². The highest BCUT2D eigenvalue weighted by Gasteiger charge is 2.17. The van der Waals surface area contributed by atoms with Crippen LogP contribution in [0.4, 0.5) is 0 Å². The van der Waals surface area contributed by atoms with E-state index in [4.69, 9.17) is 14.6 Å². The molecule has 4 nitrogen and oxygen atoms in total. The van der Waals surface area contributed by atoms with Crippen molar-refractivity contribution in [2.75, 3.05) is 33.0 Å². The van der Waals surface area contributed by atoms with E-state index < -0.39 is 0 Å². The van der Waals surface area contributed by atoms with Gasteiger partial charge in [-0.25, -0.2) is 0 Å². The molecule has 90 valence electrons. The van der Waals surface area contributed by atoms with Gasteiger partial charge in [0, 0.05) is 19.3 Å². The molecular weight excluding hydrogens is 194 g/mol. The molecule has 1 aliphatic rings. The summed E-state index contributed by atoms with van der Waals surface area (Å²) >= 11 is 0. The molecule has 4 heteroatoms. The molecule has 0 aromatic carbocycles. The Hall–Kier alpha value is -0.160. The lowest BCUT2D eigenvalue weighted by molar-refractivity contribution is 0.0128. The quantitative estimate of drug-likeness (QED) is 0.611. The van der Waals surface area contributed by atoms with Crippen molar-refractivity contribution in [3.63, 3.8) is 0 Å². The molecule has 0 aromatic heterocycles. The zero-order valence-electron chi connectivity index (χ0n) is 9.58. The summed E-state index contributed by atoms with van der Waals surface area (Å²) in [6.45, 7) is 5.28. The Labute approximate surface area is 92.0 Å². The fraction of sp³-hybridized carbons (Fsp3) is 1.00. The van der Waals surface area contributed by atoms with Crippen LogP contribution in [-0.2, 0) is 9.47 Å². The molecule has 0 spiro atoms. The molecule has 2 unspecified atom stereocenters. The van der Waals surface area contributed by atoms with Gasteiger partial charge in [0.15, 0.2) is 0 Å². The summed E-state index contributed by atoms with van der Waals surface area (Å²) in [7, 11) is 0.